The minimum Gasteiger partial charge on any atom is -0.497 e. The molecule has 27 heavy (non-hydrogen) atoms. The Kier molecular flexibility index (Phi) is 9.13. The maximum Gasteiger partial charge on any atom is 0.303 e. The van der Waals surface area contributed by atoms with Gasteiger partial charge in [0.25, 0.3) is 0 Å². The number of carbonyl (C=O) groups is 1. The Labute approximate surface area is 160 Å². The van der Waals surface area contributed by atoms with Gasteiger partial charge in [0.15, 0.2) is 0 Å². The van der Waals surface area contributed by atoms with Crippen LogP contribution in [0.15, 0.2) is 54.6 Å². The second-order valence-electron chi connectivity index (χ2n) is 6.43. The molecule has 0 aliphatic heterocycles. The molecule has 6 heteroatoms. The smallest absolute Gasteiger partial charge is 0.303 e. The second kappa shape index (κ2) is 11.9. The van der Waals surface area contributed by atoms with E-state index in [1.807, 2.05) is 35.0 Å². The van der Waals surface area contributed by atoms with Gasteiger partial charge in [0.2, 0.25) is 0 Å². The van der Waals surface area contributed by atoms with Crippen molar-refractivity contribution in [2.45, 2.75) is 45.3 Å². The van der Waals surface area contributed by atoms with Gasteiger partial charge in [0.1, 0.15) is 5.75 Å². The van der Waals surface area contributed by atoms with Crippen molar-refractivity contribution in [2.75, 3.05) is 13.7 Å². The SMILES string of the molecule is COc1ccc(COC/C(=C/CCCCCC(=O)O)Cn2ccnc2)cc1. The van der Waals surface area contributed by atoms with Crippen molar-refractivity contribution in [3.05, 3.63) is 60.2 Å². The highest BCUT2D eigenvalue weighted by Gasteiger charge is 2.02. The van der Waals surface area contributed by atoms with Gasteiger partial charge in [-0.3, -0.25) is 4.79 Å². The number of allylic oxidation sites excluding steroid dienone is 1. The standard InChI is InChI=1S/C21H28N2O4/c1-26-20-10-8-18(9-11-20)15-27-16-19(14-23-13-12-22-17-23)6-4-2-3-5-7-21(24)25/h6,8-13,17H,2-5,7,14-16H2,1H3,(H,24,25)/b19-6+. The fourth-order valence-corrected chi connectivity index (χ4v) is 2.71. The molecule has 1 aromatic heterocycles. The van der Waals surface area contributed by atoms with E-state index >= 15 is 0 Å². The van der Waals surface area contributed by atoms with Crippen LogP contribution in [-0.2, 0) is 22.7 Å². The molecule has 1 N–H and O–H groups in total. The van der Waals surface area contributed by atoms with E-state index < -0.39 is 5.97 Å². The number of hydrogen-bond acceptors (Lipinski definition) is 4. The highest BCUT2D eigenvalue weighted by atomic mass is 16.5. The molecule has 0 aliphatic carbocycles. The van der Waals surface area contributed by atoms with Crippen LogP contribution >= 0.6 is 0 Å². The summed E-state index contributed by atoms with van der Waals surface area (Å²) in [6, 6.07) is 7.86. The predicted octanol–water partition coefficient (Wildman–Crippen LogP) is 4.07. The molecule has 0 bridgehead atoms. The average Bonchev–Trinajstić information content (AvgIpc) is 3.17. The van der Waals surface area contributed by atoms with E-state index in [4.69, 9.17) is 14.6 Å². The largest absolute Gasteiger partial charge is 0.497 e. The zero-order valence-electron chi connectivity index (χ0n) is 15.8. The molecule has 0 amide bonds. The summed E-state index contributed by atoms with van der Waals surface area (Å²) in [7, 11) is 1.65. The number of carboxylic acids is 1. The number of nitrogens with zero attached hydrogens (tertiary/aromatic N) is 2. The summed E-state index contributed by atoms with van der Waals surface area (Å²) >= 11 is 0. The maximum atomic E-state index is 10.5. The van der Waals surface area contributed by atoms with Gasteiger partial charge in [-0.25, -0.2) is 4.98 Å². The fraction of sp³-hybridized carbons (Fsp3) is 0.429. The van der Waals surface area contributed by atoms with Crippen LogP contribution in [0.5, 0.6) is 5.75 Å². The van der Waals surface area contributed by atoms with E-state index in [0.717, 1.165) is 43.5 Å². The molecule has 0 saturated heterocycles. The lowest BCUT2D eigenvalue weighted by Crippen LogP contribution is -2.06. The normalized spacial score (nSPS) is 11.5. The topological polar surface area (TPSA) is 73.6 Å². The number of ether oxygens (including phenoxy) is 2. The Hall–Kier alpha value is -2.60. The fourth-order valence-electron chi connectivity index (χ4n) is 2.71. The van der Waals surface area contributed by atoms with Crippen LogP contribution < -0.4 is 4.74 Å². The van der Waals surface area contributed by atoms with E-state index in [0.29, 0.717) is 13.2 Å². The Bertz CT molecular complexity index is 693. The summed E-state index contributed by atoms with van der Waals surface area (Å²) in [4.78, 5) is 14.6. The third-order valence-electron chi connectivity index (χ3n) is 4.19. The summed E-state index contributed by atoms with van der Waals surface area (Å²) in [6.07, 6.45) is 11.5. The van der Waals surface area contributed by atoms with Crippen molar-refractivity contribution in [2.24, 2.45) is 0 Å². The van der Waals surface area contributed by atoms with Gasteiger partial charge in [-0.15, -0.1) is 0 Å². The van der Waals surface area contributed by atoms with E-state index in [1.165, 1.54) is 5.57 Å². The third kappa shape index (κ3) is 8.55. The number of imidazole rings is 1. The highest BCUT2D eigenvalue weighted by molar-refractivity contribution is 5.66. The van der Waals surface area contributed by atoms with Crippen molar-refractivity contribution in [3.8, 4) is 5.75 Å². The van der Waals surface area contributed by atoms with Crippen LogP contribution in [0.25, 0.3) is 0 Å². The first-order valence-corrected chi connectivity index (χ1v) is 9.23. The summed E-state index contributed by atoms with van der Waals surface area (Å²) < 4.78 is 13.1. The van der Waals surface area contributed by atoms with E-state index in [2.05, 4.69) is 11.1 Å². The molecule has 2 rings (SSSR count). The number of aliphatic carboxylic acids is 1. The van der Waals surface area contributed by atoms with E-state index in [1.54, 1.807) is 19.6 Å². The van der Waals surface area contributed by atoms with Crippen LogP contribution in [0.1, 0.15) is 37.7 Å². The minimum atomic E-state index is -0.724. The second-order valence-corrected chi connectivity index (χ2v) is 6.43. The lowest BCUT2D eigenvalue weighted by molar-refractivity contribution is -0.137. The number of unbranched alkanes of at least 4 members (excludes halogenated alkanes) is 3. The molecule has 6 nitrogen and oxygen atoms in total. The maximum absolute atomic E-state index is 10.5. The Morgan fingerprint density at radius 1 is 1.22 bits per heavy atom. The molecule has 0 saturated carbocycles. The molecule has 146 valence electrons. The van der Waals surface area contributed by atoms with Gasteiger partial charge in [0, 0.05) is 25.4 Å². The van der Waals surface area contributed by atoms with Crippen LogP contribution in [0.4, 0.5) is 0 Å². The first-order chi connectivity index (χ1) is 13.2. The molecule has 1 heterocycles. The van der Waals surface area contributed by atoms with E-state index in [9.17, 15) is 4.79 Å². The zero-order chi connectivity index (χ0) is 19.3. The van der Waals surface area contributed by atoms with Crippen LogP contribution in [-0.4, -0.2) is 34.3 Å². The van der Waals surface area contributed by atoms with Crippen LogP contribution in [0.3, 0.4) is 0 Å². The summed E-state index contributed by atoms with van der Waals surface area (Å²) in [5.41, 5.74) is 2.30. The third-order valence-corrected chi connectivity index (χ3v) is 4.19. The van der Waals surface area contributed by atoms with Crippen molar-refractivity contribution in [3.63, 3.8) is 0 Å². The predicted molar refractivity (Wildman–Crippen MR) is 104 cm³/mol. The Morgan fingerprint density at radius 3 is 2.70 bits per heavy atom. The summed E-state index contributed by atoms with van der Waals surface area (Å²) in [5.74, 6) is 0.112. The van der Waals surface area contributed by atoms with Gasteiger partial charge in [-0.2, -0.15) is 0 Å². The molecular formula is C21H28N2O4. The van der Waals surface area contributed by atoms with Gasteiger partial charge in [-0.05, 0) is 42.5 Å². The van der Waals surface area contributed by atoms with Crippen molar-refractivity contribution >= 4 is 5.97 Å². The van der Waals surface area contributed by atoms with Crippen molar-refractivity contribution < 1.29 is 19.4 Å². The number of benzene rings is 1. The molecule has 1 aromatic carbocycles. The van der Waals surface area contributed by atoms with E-state index in [-0.39, 0.29) is 6.42 Å². The van der Waals surface area contributed by atoms with Gasteiger partial charge < -0.3 is 19.1 Å². The molecular weight excluding hydrogens is 344 g/mol. The zero-order valence-corrected chi connectivity index (χ0v) is 15.8. The minimum absolute atomic E-state index is 0.247. The number of hydrogen-bond donors (Lipinski definition) is 1. The first kappa shape index (κ1) is 20.7. The molecule has 0 atom stereocenters. The quantitative estimate of drug-likeness (QED) is 0.424. The number of rotatable bonds is 13. The lowest BCUT2D eigenvalue weighted by Gasteiger charge is -2.11. The summed E-state index contributed by atoms with van der Waals surface area (Å²) in [5, 5.41) is 8.68. The number of carboxylic acid groups (broad SMARTS) is 1. The molecule has 0 unspecified atom stereocenters. The Balaban J connectivity index is 1.79. The Morgan fingerprint density at radius 2 is 2.04 bits per heavy atom. The number of methoxy groups -OCH3 is 1. The van der Waals surface area contributed by atoms with Crippen molar-refractivity contribution in [1.29, 1.82) is 0 Å². The van der Waals surface area contributed by atoms with Gasteiger partial charge in [0.05, 0.1) is 26.7 Å². The monoisotopic (exact) mass is 372 g/mol. The molecule has 0 spiro atoms. The molecule has 0 radical (unpaired) electrons. The summed E-state index contributed by atoms with van der Waals surface area (Å²) in [6.45, 7) is 1.85. The molecule has 0 fully saturated rings. The highest BCUT2D eigenvalue weighted by Crippen LogP contribution is 2.13. The molecule has 0 aliphatic rings. The van der Waals surface area contributed by atoms with Gasteiger partial charge >= 0.3 is 5.97 Å². The van der Waals surface area contributed by atoms with Gasteiger partial charge in [-0.1, -0.05) is 24.6 Å². The van der Waals surface area contributed by atoms with Crippen LogP contribution in [0.2, 0.25) is 0 Å². The average molecular weight is 372 g/mol. The lowest BCUT2D eigenvalue weighted by atomic mass is 10.1. The van der Waals surface area contributed by atoms with Crippen LogP contribution in [0, 0.1) is 0 Å². The molecule has 2 aromatic rings. The number of aromatic nitrogens is 2. The van der Waals surface area contributed by atoms with Crippen molar-refractivity contribution in [1.82, 2.24) is 9.55 Å². The first-order valence-electron chi connectivity index (χ1n) is 9.23.